The second-order valence-electron chi connectivity index (χ2n) is 7.13. The third-order valence-electron chi connectivity index (χ3n) is 4.18. The van der Waals surface area contributed by atoms with Crippen LogP contribution in [-0.4, -0.2) is 49.5 Å². The van der Waals surface area contributed by atoms with E-state index in [2.05, 4.69) is 41.6 Å². The van der Waals surface area contributed by atoms with Gasteiger partial charge >= 0.3 is 0 Å². The van der Waals surface area contributed by atoms with Gasteiger partial charge in [-0.25, -0.2) is 9.40 Å². The van der Waals surface area contributed by atoms with Crippen molar-refractivity contribution in [2.75, 3.05) is 19.7 Å². The zero-order valence-electron chi connectivity index (χ0n) is 15.0. The van der Waals surface area contributed by atoms with Crippen molar-refractivity contribution in [1.29, 1.82) is 0 Å². The van der Waals surface area contributed by atoms with Gasteiger partial charge in [0.1, 0.15) is 5.82 Å². The molecule has 24 heavy (non-hydrogen) atoms. The molecule has 0 aliphatic carbocycles. The standard InChI is InChI=1S/C14H18ClN3.C4H10O2/c1-10-3-4-14-13(9-10)16-11(2)18(14)12-5-7-17(15)8-6-12;1-4(2,6)3-5/h3-4,9,12H,5-8H2,1-2H3;5-6H,3H2,1-2H3. The van der Waals surface area contributed by atoms with E-state index in [4.69, 9.17) is 22.0 Å². The lowest BCUT2D eigenvalue weighted by Crippen LogP contribution is -2.28. The number of nitrogens with zero attached hydrogens (tertiary/aromatic N) is 3. The van der Waals surface area contributed by atoms with Gasteiger partial charge in [0.05, 0.1) is 23.2 Å². The molecule has 1 aliphatic rings. The van der Waals surface area contributed by atoms with Gasteiger partial charge in [-0.3, -0.25) is 0 Å². The molecule has 0 saturated carbocycles. The van der Waals surface area contributed by atoms with Crippen LogP contribution < -0.4 is 0 Å². The number of rotatable bonds is 2. The van der Waals surface area contributed by atoms with Crippen molar-refractivity contribution < 1.29 is 10.2 Å². The third kappa shape index (κ3) is 4.93. The van der Waals surface area contributed by atoms with Crippen molar-refractivity contribution in [2.45, 2.75) is 52.2 Å². The van der Waals surface area contributed by atoms with Gasteiger partial charge in [0.25, 0.3) is 0 Å². The highest BCUT2D eigenvalue weighted by Crippen LogP contribution is 2.29. The minimum absolute atomic E-state index is 0.174. The van der Waals surface area contributed by atoms with E-state index >= 15 is 0 Å². The van der Waals surface area contributed by atoms with E-state index in [1.807, 2.05) is 4.42 Å². The van der Waals surface area contributed by atoms with E-state index in [1.165, 1.54) is 11.1 Å². The Hall–Kier alpha value is -1.14. The van der Waals surface area contributed by atoms with Gasteiger partial charge in [0.15, 0.2) is 0 Å². The fourth-order valence-corrected chi connectivity index (χ4v) is 3.08. The number of halogens is 1. The number of aryl methyl sites for hydroxylation is 2. The predicted octanol–water partition coefficient (Wildman–Crippen LogP) is 3.19. The second-order valence-corrected chi connectivity index (χ2v) is 7.61. The molecule has 1 aromatic carbocycles. The first-order valence-corrected chi connectivity index (χ1v) is 8.74. The summed E-state index contributed by atoms with van der Waals surface area (Å²) < 4.78 is 4.27. The molecule has 2 N–H and O–H groups in total. The van der Waals surface area contributed by atoms with E-state index in [1.54, 1.807) is 13.8 Å². The first-order chi connectivity index (χ1) is 11.2. The summed E-state index contributed by atoms with van der Waals surface area (Å²) in [5.74, 6) is 1.11. The molecule has 1 aliphatic heterocycles. The summed E-state index contributed by atoms with van der Waals surface area (Å²) in [4.78, 5) is 4.68. The Kier molecular flexibility index (Phi) is 6.26. The Labute approximate surface area is 149 Å². The van der Waals surface area contributed by atoms with Crippen molar-refractivity contribution in [3.8, 4) is 0 Å². The van der Waals surface area contributed by atoms with Crippen LogP contribution in [0.3, 0.4) is 0 Å². The number of fused-ring (bicyclic) bond motifs is 1. The lowest BCUT2D eigenvalue weighted by atomic mass is 10.1. The van der Waals surface area contributed by atoms with Crippen LogP contribution in [0.1, 0.15) is 44.1 Å². The number of piperidine rings is 1. The van der Waals surface area contributed by atoms with Crippen molar-refractivity contribution in [3.05, 3.63) is 29.6 Å². The van der Waals surface area contributed by atoms with Gasteiger partial charge in [-0.2, -0.15) is 0 Å². The highest BCUT2D eigenvalue weighted by Gasteiger charge is 2.22. The molecule has 2 aromatic rings. The van der Waals surface area contributed by atoms with E-state index in [0.717, 1.165) is 37.3 Å². The summed E-state index contributed by atoms with van der Waals surface area (Å²) in [6.45, 7) is 9.05. The molecule has 1 fully saturated rings. The maximum atomic E-state index is 8.58. The zero-order chi connectivity index (χ0) is 17.9. The van der Waals surface area contributed by atoms with Crippen molar-refractivity contribution in [3.63, 3.8) is 0 Å². The quantitative estimate of drug-likeness (QED) is 0.814. The molecule has 2 heterocycles. The Balaban J connectivity index is 0.000000301. The molecule has 0 radical (unpaired) electrons. The van der Waals surface area contributed by atoms with E-state index in [9.17, 15) is 0 Å². The van der Waals surface area contributed by atoms with E-state index < -0.39 is 5.60 Å². The summed E-state index contributed by atoms with van der Waals surface area (Å²) in [6.07, 6.45) is 2.20. The zero-order valence-corrected chi connectivity index (χ0v) is 15.7. The van der Waals surface area contributed by atoms with Crippen molar-refractivity contribution in [2.24, 2.45) is 0 Å². The van der Waals surface area contributed by atoms with E-state index in [0.29, 0.717) is 6.04 Å². The highest BCUT2D eigenvalue weighted by molar-refractivity contribution is 6.13. The number of aliphatic hydroxyl groups is 2. The first kappa shape index (κ1) is 19.2. The lowest BCUT2D eigenvalue weighted by Gasteiger charge is -2.29. The summed E-state index contributed by atoms with van der Waals surface area (Å²) in [6, 6.07) is 7.05. The van der Waals surface area contributed by atoms with Crippen LogP contribution in [-0.2, 0) is 0 Å². The molecule has 1 aromatic heterocycles. The van der Waals surface area contributed by atoms with Gasteiger partial charge in [-0.05, 0) is 70.0 Å². The van der Waals surface area contributed by atoms with Crippen LogP contribution in [0.2, 0.25) is 0 Å². The molecular formula is C18H28ClN3O2. The normalized spacial score (nSPS) is 17.0. The predicted molar refractivity (Wildman–Crippen MR) is 98.3 cm³/mol. The van der Waals surface area contributed by atoms with Gasteiger partial charge < -0.3 is 14.8 Å². The molecular weight excluding hydrogens is 326 g/mol. The van der Waals surface area contributed by atoms with E-state index in [-0.39, 0.29) is 6.61 Å². The molecule has 0 unspecified atom stereocenters. The fourth-order valence-electron chi connectivity index (χ4n) is 2.88. The number of benzene rings is 1. The topological polar surface area (TPSA) is 61.5 Å². The van der Waals surface area contributed by atoms with Crippen LogP contribution in [0.25, 0.3) is 11.0 Å². The summed E-state index contributed by atoms with van der Waals surface area (Å²) in [7, 11) is 0. The van der Waals surface area contributed by atoms with Crippen LogP contribution in [0.4, 0.5) is 0 Å². The Morgan fingerprint density at radius 3 is 2.38 bits per heavy atom. The molecule has 0 atom stereocenters. The second kappa shape index (κ2) is 7.83. The molecule has 1 saturated heterocycles. The Morgan fingerprint density at radius 2 is 1.83 bits per heavy atom. The average molecular weight is 354 g/mol. The number of aliphatic hydroxyl groups excluding tert-OH is 1. The number of imidazole rings is 1. The maximum absolute atomic E-state index is 8.58. The van der Waals surface area contributed by atoms with Crippen LogP contribution in [0, 0.1) is 13.8 Å². The minimum Gasteiger partial charge on any atom is -0.393 e. The number of aromatic nitrogens is 2. The van der Waals surface area contributed by atoms with Crippen LogP contribution in [0.5, 0.6) is 0 Å². The highest BCUT2D eigenvalue weighted by atomic mass is 35.5. The fraction of sp³-hybridized carbons (Fsp3) is 0.611. The SMILES string of the molecule is CC(C)(O)CO.Cc1ccc2c(c1)nc(C)n2C1CCN(Cl)CC1. The first-order valence-electron chi connectivity index (χ1n) is 8.40. The molecule has 0 bridgehead atoms. The van der Waals surface area contributed by atoms with Crippen molar-refractivity contribution in [1.82, 2.24) is 14.0 Å². The van der Waals surface area contributed by atoms with Gasteiger partial charge in [0.2, 0.25) is 0 Å². The summed E-state index contributed by atoms with van der Waals surface area (Å²) in [5, 5.41) is 16.7. The monoisotopic (exact) mass is 353 g/mol. The van der Waals surface area contributed by atoms with Gasteiger partial charge in [0, 0.05) is 19.1 Å². The number of hydrogen-bond acceptors (Lipinski definition) is 4. The van der Waals surface area contributed by atoms with Crippen LogP contribution in [0.15, 0.2) is 18.2 Å². The number of hydrogen-bond donors (Lipinski definition) is 2. The molecule has 0 amide bonds. The van der Waals surface area contributed by atoms with Crippen molar-refractivity contribution >= 4 is 22.8 Å². The molecule has 5 nitrogen and oxygen atoms in total. The molecule has 6 heteroatoms. The maximum Gasteiger partial charge on any atom is 0.106 e. The summed E-state index contributed by atoms with van der Waals surface area (Å²) in [5.41, 5.74) is 2.73. The average Bonchev–Trinajstić information content (AvgIpc) is 2.83. The minimum atomic E-state index is -0.903. The largest absolute Gasteiger partial charge is 0.393 e. The molecule has 3 rings (SSSR count). The van der Waals surface area contributed by atoms with Gasteiger partial charge in [-0.1, -0.05) is 6.07 Å². The lowest BCUT2D eigenvalue weighted by molar-refractivity contribution is 0.0183. The third-order valence-corrected chi connectivity index (χ3v) is 4.52. The van der Waals surface area contributed by atoms with Gasteiger partial charge in [-0.15, -0.1) is 0 Å². The smallest absolute Gasteiger partial charge is 0.106 e. The van der Waals surface area contributed by atoms with Crippen LogP contribution >= 0.6 is 11.8 Å². The Bertz CT molecular complexity index is 671. The molecule has 0 spiro atoms. The molecule has 134 valence electrons. The summed E-state index contributed by atoms with van der Waals surface area (Å²) >= 11 is 6.03. The Morgan fingerprint density at radius 1 is 1.25 bits per heavy atom.